The van der Waals surface area contributed by atoms with Crippen LogP contribution in [-0.2, 0) is 10.2 Å². The van der Waals surface area contributed by atoms with Crippen LogP contribution in [0.5, 0.6) is 0 Å². The molecular weight excluding hydrogens is 337 g/mol. The molecule has 2 aromatic heterocycles. The van der Waals surface area contributed by atoms with Gasteiger partial charge >= 0.3 is 0 Å². The lowest BCUT2D eigenvalue weighted by Gasteiger charge is -2.20. The highest BCUT2D eigenvalue weighted by atomic mass is 32.1. The normalized spacial score (nSPS) is 16.4. The van der Waals surface area contributed by atoms with Gasteiger partial charge in [-0.2, -0.15) is 5.10 Å². The maximum Gasteiger partial charge on any atom is 0.230 e. The third-order valence-corrected chi connectivity index (χ3v) is 5.73. The second-order valence-electron chi connectivity index (χ2n) is 6.32. The monoisotopic (exact) mass is 355 g/mol. The molecule has 0 spiro atoms. The molecule has 1 atom stereocenters. The Hall–Kier alpha value is -2.47. The van der Waals surface area contributed by atoms with Crippen LogP contribution >= 0.6 is 11.3 Å². The minimum atomic E-state index is -0.502. The highest BCUT2D eigenvalue weighted by Gasteiger charge is 2.51. The highest BCUT2D eigenvalue weighted by Crippen LogP contribution is 2.48. The van der Waals surface area contributed by atoms with E-state index in [0.717, 1.165) is 23.3 Å². The number of aromatic nitrogens is 2. The number of halogens is 1. The standard InChI is InChI=1S/C19H18FN3OS/c20-15-6-4-14(5-7-15)19(8-9-19)18(24)21-13-16(17-3-1-12-25-17)23-11-2-10-22-23/h1-7,10-12,16H,8-9,13H2,(H,21,24). The number of hydrogen-bond acceptors (Lipinski definition) is 3. The zero-order chi connectivity index (χ0) is 17.3. The van der Waals surface area contributed by atoms with Gasteiger partial charge < -0.3 is 5.32 Å². The number of carbonyl (C=O) groups excluding carboxylic acids is 1. The van der Waals surface area contributed by atoms with Crippen molar-refractivity contribution in [1.29, 1.82) is 0 Å². The fourth-order valence-corrected chi connectivity index (χ4v) is 3.99. The zero-order valence-corrected chi connectivity index (χ0v) is 14.4. The van der Waals surface area contributed by atoms with Gasteiger partial charge in [0.1, 0.15) is 11.9 Å². The van der Waals surface area contributed by atoms with Gasteiger partial charge in [-0.05, 0) is 48.1 Å². The van der Waals surface area contributed by atoms with Gasteiger partial charge in [0, 0.05) is 23.8 Å². The largest absolute Gasteiger partial charge is 0.353 e. The average Bonchev–Trinajstić information content (AvgIpc) is 3.02. The van der Waals surface area contributed by atoms with Gasteiger partial charge in [-0.1, -0.05) is 18.2 Å². The summed E-state index contributed by atoms with van der Waals surface area (Å²) in [6, 6.07) is 12.2. The van der Waals surface area contributed by atoms with Crippen molar-refractivity contribution in [3.63, 3.8) is 0 Å². The van der Waals surface area contributed by atoms with Crippen molar-refractivity contribution in [2.75, 3.05) is 6.54 Å². The number of benzene rings is 1. The molecule has 0 radical (unpaired) electrons. The number of carbonyl (C=O) groups is 1. The van der Waals surface area contributed by atoms with Gasteiger partial charge in [0.25, 0.3) is 0 Å². The minimum absolute atomic E-state index is 0.00724. The summed E-state index contributed by atoms with van der Waals surface area (Å²) in [6.07, 6.45) is 5.25. The quantitative estimate of drug-likeness (QED) is 0.735. The van der Waals surface area contributed by atoms with Crippen LogP contribution in [0.25, 0.3) is 0 Å². The Morgan fingerprint density at radius 3 is 2.68 bits per heavy atom. The van der Waals surface area contributed by atoms with Crippen molar-refractivity contribution in [3.8, 4) is 0 Å². The summed E-state index contributed by atoms with van der Waals surface area (Å²) >= 11 is 1.65. The molecule has 1 amide bonds. The summed E-state index contributed by atoms with van der Waals surface area (Å²) in [7, 11) is 0. The number of nitrogens with zero attached hydrogens (tertiary/aromatic N) is 2. The van der Waals surface area contributed by atoms with E-state index in [4.69, 9.17) is 0 Å². The summed E-state index contributed by atoms with van der Waals surface area (Å²) in [5.74, 6) is -0.274. The molecule has 6 heteroatoms. The van der Waals surface area contributed by atoms with E-state index in [1.54, 1.807) is 29.7 Å². The lowest BCUT2D eigenvalue weighted by atomic mass is 9.95. The Morgan fingerprint density at radius 1 is 1.28 bits per heavy atom. The Bertz CT molecular complexity index is 805. The molecule has 3 aromatic rings. The predicted octanol–water partition coefficient (Wildman–Crippen LogP) is 3.52. The Balaban J connectivity index is 1.50. The first-order valence-corrected chi connectivity index (χ1v) is 9.14. The van der Waals surface area contributed by atoms with Crippen molar-refractivity contribution in [1.82, 2.24) is 15.1 Å². The van der Waals surface area contributed by atoms with E-state index in [0.29, 0.717) is 6.54 Å². The molecule has 0 bridgehead atoms. The summed E-state index contributed by atoms with van der Waals surface area (Å²) in [5, 5.41) is 9.44. The molecule has 1 unspecified atom stereocenters. The fourth-order valence-electron chi connectivity index (χ4n) is 3.17. The number of thiophene rings is 1. The van der Waals surface area contributed by atoms with Crippen LogP contribution in [0.1, 0.15) is 29.3 Å². The van der Waals surface area contributed by atoms with E-state index in [-0.39, 0.29) is 17.8 Å². The second-order valence-corrected chi connectivity index (χ2v) is 7.30. The van der Waals surface area contributed by atoms with Gasteiger partial charge in [0.05, 0.1) is 5.41 Å². The molecule has 0 saturated heterocycles. The molecule has 1 N–H and O–H groups in total. The minimum Gasteiger partial charge on any atom is -0.353 e. The second kappa shape index (κ2) is 6.44. The van der Waals surface area contributed by atoms with Gasteiger partial charge in [0.2, 0.25) is 5.91 Å². The maximum absolute atomic E-state index is 13.2. The number of amides is 1. The maximum atomic E-state index is 13.2. The molecule has 128 valence electrons. The first-order valence-electron chi connectivity index (χ1n) is 8.26. The Labute approximate surface area is 149 Å². The van der Waals surface area contributed by atoms with Crippen molar-refractivity contribution in [2.24, 2.45) is 0 Å². The van der Waals surface area contributed by atoms with Crippen molar-refractivity contribution >= 4 is 17.2 Å². The van der Waals surface area contributed by atoms with Crippen LogP contribution in [-0.4, -0.2) is 22.2 Å². The van der Waals surface area contributed by atoms with Crippen LogP contribution in [0.2, 0.25) is 0 Å². The summed E-state index contributed by atoms with van der Waals surface area (Å²) in [6.45, 7) is 0.476. The molecule has 1 aliphatic carbocycles. The summed E-state index contributed by atoms with van der Waals surface area (Å²) in [5.41, 5.74) is 0.385. The van der Waals surface area contributed by atoms with Crippen LogP contribution < -0.4 is 5.32 Å². The number of rotatable bonds is 6. The van der Waals surface area contributed by atoms with Gasteiger partial charge in [0.15, 0.2) is 0 Å². The van der Waals surface area contributed by atoms with E-state index in [2.05, 4.69) is 16.5 Å². The predicted molar refractivity (Wildman–Crippen MR) is 95.0 cm³/mol. The first-order chi connectivity index (χ1) is 12.2. The SMILES string of the molecule is O=C(NCC(c1cccs1)n1cccn1)C1(c2ccc(F)cc2)CC1. The van der Waals surface area contributed by atoms with Crippen molar-refractivity contribution in [3.05, 3.63) is 76.5 Å². The third kappa shape index (κ3) is 3.09. The van der Waals surface area contributed by atoms with Crippen LogP contribution in [0.15, 0.2) is 60.2 Å². The van der Waals surface area contributed by atoms with Gasteiger partial charge in [-0.25, -0.2) is 4.39 Å². The number of nitrogens with one attached hydrogen (secondary N) is 1. The zero-order valence-electron chi connectivity index (χ0n) is 13.6. The average molecular weight is 355 g/mol. The van der Waals surface area contributed by atoms with E-state index >= 15 is 0 Å². The molecular formula is C19H18FN3OS. The fraction of sp³-hybridized carbons (Fsp3) is 0.263. The summed E-state index contributed by atoms with van der Waals surface area (Å²) < 4.78 is 15.0. The van der Waals surface area contributed by atoms with E-state index in [9.17, 15) is 9.18 Å². The molecule has 1 aliphatic rings. The first kappa shape index (κ1) is 16.0. The molecule has 1 aromatic carbocycles. The van der Waals surface area contributed by atoms with E-state index in [1.807, 2.05) is 28.4 Å². The lowest BCUT2D eigenvalue weighted by Crippen LogP contribution is -2.38. The topological polar surface area (TPSA) is 46.9 Å². The Morgan fingerprint density at radius 2 is 2.08 bits per heavy atom. The van der Waals surface area contributed by atoms with Crippen molar-refractivity contribution < 1.29 is 9.18 Å². The van der Waals surface area contributed by atoms with Gasteiger partial charge in [-0.15, -0.1) is 11.3 Å². The van der Waals surface area contributed by atoms with E-state index in [1.165, 1.54) is 12.1 Å². The number of hydrogen-bond donors (Lipinski definition) is 1. The summed E-state index contributed by atoms with van der Waals surface area (Å²) in [4.78, 5) is 14.0. The molecule has 2 heterocycles. The lowest BCUT2D eigenvalue weighted by molar-refractivity contribution is -0.123. The molecule has 4 nitrogen and oxygen atoms in total. The molecule has 0 aliphatic heterocycles. The van der Waals surface area contributed by atoms with Gasteiger partial charge in [-0.3, -0.25) is 9.48 Å². The Kier molecular flexibility index (Phi) is 4.13. The molecule has 4 rings (SSSR count). The smallest absolute Gasteiger partial charge is 0.230 e. The molecule has 1 saturated carbocycles. The van der Waals surface area contributed by atoms with Crippen LogP contribution in [0.4, 0.5) is 4.39 Å². The molecule has 25 heavy (non-hydrogen) atoms. The molecule has 1 fully saturated rings. The third-order valence-electron chi connectivity index (χ3n) is 4.75. The van der Waals surface area contributed by atoms with Crippen LogP contribution in [0, 0.1) is 5.82 Å². The van der Waals surface area contributed by atoms with Crippen molar-refractivity contribution in [2.45, 2.75) is 24.3 Å². The highest BCUT2D eigenvalue weighted by molar-refractivity contribution is 7.10. The van der Waals surface area contributed by atoms with E-state index < -0.39 is 5.41 Å². The van der Waals surface area contributed by atoms with Crippen LogP contribution in [0.3, 0.4) is 0 Å².